The fourth-order valence-electron chi connectivity index (χ4n) is 3.21. The number of carbonyl (C=O) groups is 2. The van der Waals surface area contributed by atoms with Crippen molar-refractivity contribution in [3.63, 3.8) is 0 Å². The van der Waals surface area contributed by atoms with Crippen LogP contribution in [0.3, 0.4) is 0 Å². The number of piperidine rings is 1. The lowest BCUT2D eigenvalue weighted by Crippen LogP contribution is -2.39. The van der Waals surface area contributed by atoms with Crippen LogP contribution < -0.4 is 0 Å². The highest BCUT2D eigenvalue weighted by Gasteiger charge is 2.24. The Balaban J connectivity index is 0.00000208. The zero-order valence-corrected chi connectivity index (χ0v) is 12.7. The Morgan fingerprint density at radius 2 is 2.09 bits per heavy atom. The van der Waals surface area contributed by atoms with E-state index in [9.17, 15) is 14.0 Å². The molecule has 2 heterocycles. The number of amides is 1. The lowest BCUT2D eigenvalue weighted by Gasteiger charge is -2.31. The number of aliphatic carboxylic acids is 1. The average molecular weight is 320 g/mol. The SMILES string of the molecule is O=C(O)CC1CCN(C(=O)Cc2c[nH]c3cc(F)ccc23)CC1.[HH]. The minimum Gasteiger partial charge on any atom is -0.481 e. The standard InChI is InChI=1S/C17H19FN2O3.H2/c18-13-1-2-14-12(10-19-15(14)9-13)8-16(21)20-5-3-11(4-6-20)7-17(22)23;/h1-2,9-11,19H,3-8H2,(H,22,23);1H. The number of carboxylic acid groups (broad SMARTS) is 1. The van der Waals surface area contributed by atoms with Crippen LogP contribution in [0.15, 0.2) is 24.4 Å². The van der Waals surface area contributed by atoms with E-state index in [4.69, 9.17) is 5.11 Å². The van der Waals surface area contributed by atoms with Crippen molar-refractivity contribution in [1.82, 2.24) is 9.88 Å². The molecule has 3 rings (SSSR count). The van der Waals surface area contributed by atoms with Crippen molar-refractivity contribution in [2.24, 2.45) is 5.92 Å². The van der Waals surface area contributed by atoms with Crippen molar-refractivity contribution in [1.29, 1.82) is 0 Å². The summed E-state index contributed by atoms with van der Waals surface area (Å²) < 4.78 is 13.2. The molecule has 0 unspecified atom stereocenters. The van der Waals surface area contributed by atoms with Crippen LogP contribution in [0.25, 0.3) is 10.9 Å². The van der Waals surface area contributed by atoms with Crippen molar-refractivity contribution in [3.05, 3.63) is 35.8 Å². The minimum absolute atomic E-state index is 0. The van der Waals surface area contributed by atoms with E-state index in [1.165, 1.54) is 12.1 Å². The van der Waals surface area contributed by atoms with Gasteiger partial charge in [-0.2, -0.15) is 0 Å². The van der Waals surface area contributed by atoms with Crippen LogP contribution in [-0.2, 0) is 16.0 Å². The van der Waals surface area contributed by atoms with E-state index in [1.807, 2.05) is 0 Å². The molecule has 1 aromatic heterocycles. The molecule has 2 N–H and O–H groups in total. The van der Waals surface area contributed by atoms with Crippen molar-refractivity contribution >= 4 is 22.8 Å². The van der Waals surface area contributed by atoms with Gasteiger partial charge < -0.3 is 15.0 Å². The molecule has 1 aliphatic rings. The van der Waals surface area contributed by atoms with Crippen LogP contribution in [0.5, 0.6) is 0 Å². The van der Waals surface area contributed by atoms with Gasteiger partial charge in [-0.1, -0.05) is 0 Å². The van der Waals surface area contributed by atoms with Crippen molar-refractivity contribution in [2.45, 2.75) is 25.7 Å². The highest BCUT2D eigenvalue weighted by molar-refractivity contribution is 5.89. The Kier molecular flexibility index (Phi) is 4.32. The summed E-state index contributed by atoms with van der Waals surface area (Å²) in [5.74, 6) is -0.893. The summed E-state index contributed by atoms with van der Waals surface area (Å²) in [7, 11) is 0. The summed E-state index contributed by atoms with van der Waals surface area (Å²) in [6.07, 6.45) is 3.67. The first-order valence-corrected chi connectivity index (χ1v) is 7.78. The summed E-state index contributed by atoms with van der Waals surface area (Å²) in [5.41, 5.74) is 1.55. The number of nitrogens with one attached hydrogen (secondary N) is 1. The first kappa shape index (κ1) is 15.5. The van der Waals surface area contributed by atoms with Gasteiger partial charge >= 0.3 is 5.97 Å². The van der Waals surface area contributed by atoms with Gasteiger partial charge in [-0.15, -0.1) is 0 Å². The van der Waals surface area contributed by atoms with Crippen molar-refractivity contribution in [3.8, 4) is 0 Å². The number of halogens is 1. The summed E-state index contributed by atoms with van der Waals surface area (Å²) >= 11 is 0. The molecule has 1 fully saturated rings. The number of likely N-dealkylation sites (tertiary alicyclic amines) is 1. The minimum atomic E-state index is -0.777. The number of carboxylic acids is 1. The van der Waals surface area contributed by atoms with Gasteiger partial charge in [0.25, 0.3) is 0 Å². The fourth-order valence-corrected chi connectivity index (χ4v) is 3.21. The van der Waals surface area contributed by atoms with Gasteiger partial charge in [0, 0.05) is 38.0 Å². The second-order valence-electron chi connectivity index (χ2n) is 6.10. The Hall–Kier alpha value is -2.37. The molecule has 5 nitrogen and oxygen atoms in total. The molecule has 1 saturated heterocycles. The van der Waals surface area contributed by atoms with E-state index in [1.54, 1.807) is 17.2 Å². The van der Waals surface area contributed by atoms with Crippen LogP contribution in [0.4, 0.5) is 4.39 Å². The maximum absolute atomic E-state index is 13.2. The molecule has 6 heteroatoms. The number of nitrogens with zero attached hydrogens (tertiary/aromatic N) is 1. The second kappa shape index (κ2) is 6.40. The fraction of sp³-hybridized carbons (Fsp3) is 0.412. The zero-order valence-electron chi connectivity index (χ0n) is 12.7. The van der Waals surface area contributed by atoms with E-state index in [2.05, 4.69) is 4.98 Å². The van der Waals surface area contributed by atoms with Crippen LogP contribution in [0.2, 0.25) is 0 Å². The van der Waals surface area contributed by atoms with Crippen LogP contribution in [-0.4, -0.2) is 40.0 Å². The number of aromatic amines is 1. The Bertz CT molecular complexity index is 739. The molecule has 124 valence electrons. The third kappa shape index (κ3) is 3.52. The lowest BCUT2D eigenvalue weighted by molar-refractivity contribution is -0.138. The highest BCUT2D eigenvalue weighted by Crippen LogP contribution is 2.23. The third-order valence-corrected chi connectivity index (χ3v) is 4.50. The van der Waals surface area contributed by atoms with E-state index >= 15 is 0 Å². The van der Waals surface area contributed by atoms with Gasteiger partial charge in [0.1, 0.15) is 5.82 Å². The topological polar surface area (TPSA) is 73.4 Å². The summed E-state index contributed by atoms with van der Waals surface area (Å²) in [6, 6.07) is 4.49. The van der Waals surface area contributed by atoms with Gasteiger partial charge in [-0.3, -0.25) is 9.59 Å². The average Bonchev–Trinajstić information content (AvgIpc) is 2.89. The molecule has 23 heavy (non-hydrogen) atoms. The maximum atomic E-state index is 13.2. The van der Waals surface area contributed by atoms with E-state index < -0.39 is 5.97 Å². The molecule has 0 bridgehead atoms. The number of aromatic nitrogens is 1. The van der Waals surface area contributed by atoms with Crippen LogP contribution in [0, 0.1) is 11.7 Å². The smallest absolute Gasteiger partial charge is 0.303 e. The van der Waals surface area contributed by atoms with Gasteiger partial charge in [-0.05, 0) is 42.5 Å². The molecule has 1 aromatic carbocycles. The molecule has 0 spiro atoms. The van der Waals surface area contributed by atoms with Gasteiger partial charge in [-0.25, -0.2) is 4.39 Å². The number of fused-ring (bicyclic) bond motifs is 1. The van der Waals surface area contributed by atoms with Crippen LogP contribution in [0.1, 0.15) is 26.3 Å². The summed E-state index contributed by atoms with van der Waals surface area (Å²) in [6.45, 7) is 1.21. The molecule has 1 aliphatic heterocycles. The molecule has 0 atom stereocenters. The number of H-pyrrole nitrogens is 1. The van der Waals surface area contributed by atoms with E-state index in [-0.39, 0.29) is 31.9 Å². The number of rotatable bonds is 4. The zero-order chi connectivity index (χ0) is 16.4. The lowest BCUT2D eigenvalue weighted by atomic mass is 9.93. The number of carbonyl (C=O) groups excluding carboxylic acids is 1. The third-order valence-electron chi connectivity index (χ3n) is 4.50. The largest absolute Gasteiger partial charge is 0.481 e. The second-order valence-corrected chi connectivity index (χ2v) is 6.10. The molecule has 2 aromatic rings. The normalized spacial score (nSPS) is 16.0. The summed E-state index contributed by atoms with van der Waals surface area (Å²) in [4.78, 5) is 27.9. The molecular weight excluding hydrogens is 299 g/mol. The predicted octanol–water partition coefficient (Wildman–Crippen LogP) is 2.81. The molecular formula is C17H21FN2O3. The number of hydrogen-bond acceptors (Lipinski definition) is 2. The van der Waals surface area contributed by atoms with Gasteiger partial charge in [0.05, 0.1) is 6.42 Å². The number of hydrogen-bond donors (Lipinski definition) is 2. The van der Waals surface area contributed by atoms with E-state index in [0.717, 1.165) is 23.8 Å². The molecule has 0 aliphatic carbocycles. The first-order valence-electron chi connectivity index (χ1n) is 7.78. The Labute approximate surface area is 134 Å². The van der Waals surface area contributed by atoms with E-state index in [0.29, 0.717) is 18.6 Å². The maximum Gasteiger partial charge on any atom is 0.303 e. The molecule has 0 radical (unpaired) electrons. The van der Waals surface area contributed by atoms with Crippen LogP contribution >= 0.6 is 0 Å². The Morgan fingerprint density at radius 1 is 1.35 bits per heavy atom. The number of benzene rings is 1. The van der Waals surface area contributed by atoms with Crippen molar-refractivity contribution < 1.29 is 20.5 Å². The molecule has 0 saturated carbocycles. The van der Waals surface area contributed by atoms with Gasteiger partial charge in [0.2, 0.25) is 5.91 Å². The highest BCUT2D eigenvalue weighted by atomic mass is 19.1. The van der Waals surface area contributed by atoms with Gasteiger partial charge in [0.15, 0.2) is 0 Å². The predicted molar refractivity (Wildman–Crippen MR) is 85.6 cm³/mol. The molecule has 1 amide bonds. The monoisotopic (exact) mass is 320 g/mol. The van der Waals surface area contributed by atoms with Crippen molar-refractivity contribution in [2.75, 3.05) is 13.1 Å². The Morgan fingerprint density at radius 3 is 2.78 bits per heavy atom. The first-order chi connectivity index (χ1) is 11.0. The summed E-state index contributed by atoms with van der Waals surface area (Å²) in [5, 5.41) is 9.68. The quantitative estimate of drug-likeness (QED) is 0.910.